The van der Waals surface area contributed by atoms with E-state index in [2.05, 4.69) is 0 Å². The molecule has 0 aliphatic rings. The molecule has 0 radical (unpaired) electrons. The Balaban J connectivity index is 2.33. The lowest BCUT2D eigenvalue weighted by Gasteiger charge is -2.19. The van der Waals surface area contributed by atoms with Gasteiger partial charge in [0, 0.05) is 18.6 Å². The maximum absolute atomic E-state index is 12.8. The van der Waals surface area contributed by atoms with Gasteiger partial charge in [-0.3, -0.25) is 0 Å². The van der Waals surface area contributed by atoms with Crippen molar-refractivity contribution in [1.82, 2.24) is 4.31 Å². The lowest BCUT2D eigenvalue weighted by molar-refractivity contribution is 0.397. The third kappa shape index (κ3) is 3.61. The van der Waals surface area contributed by atoms with E-state index in [0.717, 1.165) is 11.1 Å². The summed E-state index contributed by atoms with van der Waals surface area (Å²) in [6.45, 7) is 2.11. The normalized spacial score (nSPS) is 11.7. The van der Waals surface area contributed by atoms with Crippen molar-refractivity contribution in [2.24, 2.45) is 0 Å². The second kappa shape index (κ2) is 6.69. The molecule has 0 heterocycles. The van der Waals surface area contributed by atoms with Crippen molar-refractivity contribution in [2.45, 2.75) is 18.4 Å². The van der Waals surface area contributed by atoms with Crippen LogP contribution < -0.4 is 4.74 Å². The summed E-state index contributed by atoms with van der Waals surface area (Å²) in [4.78, 5) is 0.173. The van der Waals surface area contributed by atoms with Gasteiger partial charge in [-0.2, -0.15) is 4.31 Å². The lowest BCUT2D eigenvalue weighted by Crippen LogP contribution is -2.27. The first kappa shape index (κ1) is 16.8. The molecule has 0 N–H and O–H groups in total. The Morgan fingerprint density at radius 3 is 2.36 bits per heavy atom. The smallest absolute Gasteiger partial charge is 0.246 e. The molecular weight excluding hydrogens is 322 g/mol. The number of nitrogens with zero attached hydrogens (tertiary/aromatic N) is 1. The molecule has 0 saturated heterocycles. The maximum Gasteiger partial charge on any atom is 0.246 e. The first-order valence-electron chi connectivity index (χ1n) is 6.70. The molecule has 0 aliphatic heterocycles. The minimum Gasteiger partial charge on any atom is -0.495 e. The minimum absolute atomic E-state index is 0.173. The number of hydrogen-bond donors (Lipinski definition) is 0. The van der Waals surface area contributed by atoms with Crippen LogP contribution in [0, 0.1) is 6.92 Å². The fraction of sp³-hybridized carbons (Fsp3) is 0.250. The van der Waals surface area contributed by atoms with Gasteiger partial charge < -0.3 is 4.74 Å². The highest BCUT2D eigenvalue weighted by molar-refractivity contribution is 7.89. The Bertz CT molecular complexity index is 757. The van der Waals surface area contributed by atoms with Crippen molar-refractivity contribution in [2.75, 3.05) is 14.2 Å². The van der Waals surface area contributed by atoms with Crippen LogP contribution in [0.25, 0.3) is 0 Å². The van der Waals surface area contributed by atoms with Crippen molar-refractivity contribution in [3.8, 4) is 5.75 Å². The lowest BCUT2D eigenvalue weighted by atomic mass is 10.2. The van der Waals surface area contributed by atoms with E-state index >= 15 is 0 Å². The van der Waals surface area contributed by atoms with Crippen LogP contribution in [0.3, 0.4) is 0 Å². The average Bonchev–Trinajstić information content (AvgIpc) is 2.49. The summed E-state index contributed by atoms with van der Waals surface area (Å²) in [6.07, 6.45) is 0. The van der Waals surface area contributed by atoms with Gasteiger partial charge in [-0.25, -0.2) is 8.42 Å². The van der Waals surface area contributed by atoms with Crippen LogP contribution in [-0.2, 0) is 16.6 Å². The van der Waals surface area contributed by atoms with Gasteiger partial charge in [0.25, 0.3) is 0 Å². The van der Waals surface area contributed by atoms with Crippen molar-refractivity contribution >= 4 is 21.6 Å². The quantitative estimate of drug-likeness (QED) is 0.837. The zero-order valence-corrected chi connectivity index (χ0v) is 14.3. The van der Waals surface area contributed by atoms with Gasteiger partial charge >= 0.3 is 0 Å². The van der Waals surface area contributed by atoms with Crippen LogP contribution in [0.4, 0.5) is 0 Å². The standard InChI is InChI=1S/C16H18ClNO3S/c1-12-4-9-15(21-3)16(10-12)22(19,20)18(2)11-13-5-7-14(17)8-6-13/h4-10H,11H2,1-3H3. The number of methoxy groups -OCH3 is 1. The second-order valence-electron chi connectivity index (χ2n) is 5.04. The Morgan fingerprint density at radius 2 is 1.77 bits per heavy atom. The molecule has 0 unspecified atom stereocenters. The zero-order valence-electron chi connectivity index (χ0n) is 12.7. The topological polar surface area (TPSA) is 46.6 Å². The van der Waals surface area contributed by atoms with Crippen molar-refractivity contribution in [3.63, 3.8) is 0 Å². The largest absolute Gasteiger partial charge is 0.495 e. The van der Waals surface area contributed by atoms with E-state index < -0.39 is 10.0 Å². The van der Waals surface area contributed by atoms with Gasteiger partial charge in [0.2, 0.25) is 10.0 Å². The van der Waals surface area contributed by atoms with Crippen molar-refractivity contribution < 1.29 is 13.2 Å². The van der Waals surface area contributed by atoms with E-state index in [9.17, 15) is 8.42 Å². The molecule has 0 fully saturated rings. The fourth-order valence-electron chi connectivity index (χ4n) is 2.09. The molecule has 4 nitrogen and oxygen atoms in total. The fourth-order valence-corrected chi connectivity index (χ4v) is 3.61. The molecule has 6 heteroatoms. The van der Waals surface area contributed by atoms with Crippen LogP contribution in [-0.4, -0.2) is 26.9 Å². The maximum atomic E-state index is 12.8. The minimum atomic E-state index is -3.64. The number of aryl methyl sites for hydroxylation is 1. The van der Waals surface area contributed by atoms with E-state index in [4.69, 9.17) is 16.3 Å². The predicted molar refractivity (Wildman–Crippen MR) is 87.8 cm³/mol. The Labute approximate surface area is 136 Å². The summed E-state index contributed by atoms with van der Waals surface area (Å²) in [6, 6.07) is 12.2. The number of hydrogen-bond acceptors (Lipinski definition) is 3. The molecule has 2 aromatic rings. The summed E-state index contributed by atoms with van der Waals surface area (Å²) >= 11 is 5.84. The van der Waals surface area contributed by atoms with Crippen LogP contribution >= 0.6 is 11.6 Å². The number of halogens is 1. The summed E-state index contributed by atoms with van der Waals surface area (Å²) in [5, 5.41) is 0.620. The molecule has 0 aliphatic carbocycles. The SMILES string of the molecule is COc1ccc(C)cc1S(=O)(=O)N(C)Cc1ccc(Cl)cc1. The Kier molecular flexibility index (Phi) is 5.11. The van der Waals surface area contributed by atoms with E-state index in [1.54, 1.807) is 31.3 Å². The van der Waals surface area contributed by atoms with Gasteiger partial charge in [-0.15, -0.1) is 0 Å². The van der Waals surface area contributed by atoms with Gasteiger partial charge in [0.05, 0.1) is 7.11 Å². The molecule has 0 amide bonds. The Hall–Kier alpha value is -1.56. The van der Waals surface area contributed by atoms with Gasteiger partial charge in [-0.1, -0.05) is 29.8 Å². The zero-order chi connectivity index (χ0) is 16.3. The number of benzene rings is 2. The van der Waals surface area contributed by atoms with Gasteiger partial charge in [0.1, 0.15) is 10.6 Å². The molecule has 22 heavy (non-hydrogen) atoms. The molecule has 0 aromatic heterocycles. The summed E-state index contributed by atoms with van der Waals surface area (Å²) < 4.78 is 32.0. The first-order chi connectivity index (χ1) is 10.3. The summed E-state index contributed by atoms with van der Waals surface area (Å²) in [7, 11) is -0.629. The molecule has 2 aromatic carbocycles. The van der Waals surface area contributed by atoms with Gasteiger partial charge in [-0.05, 0) is 42.3 Å². The molecular formula is C16H18ClNO3S. The van der Waals surface area contributed by atoms with Crippen LogP contribution in [0.15, 0.2) is 47.4 Å². The van der Waals surface area contributed by atoms with Crippen molar-refractivity contribution in [3.05, 3.63) is 58.6 Å². The van der Waals surface area contributed by atoms with Crippen LogP contribution in [0.1, 0.15) is 11.1 Å². The monoisotopic (exact) mass is 339 g/mol. The van der Waals surface area contributed by atoms with Crippen LogP contribution in [0.5, 0.6) is 5.75 Å². The highest BCUT2D eigenvalue weighted by Gasteiger charge is 2.25. The Morgan fingerprint density at radius 1 is 1.14 bits per heavy atom. The van der Waals surface area contributed by atoms with E-state index in [-0.39, 0.29) is 11.4 Å². The van der Waals surface area contributed by atoms with Crippen molar-refractivity contribution in [1.29, 1.82) is 0 Å². The number of ether oxygens (including phenoxy) is 1. The average molecular weight is 340 g/mol. The van der Waals surface area contributed by atoms with E-state index in [1.807, 2.05) is 25.1 Å². The van der Waals surface area contributed by atoms with Crippen LogP contribution in [0.2, 0.25) is 5.02 Å². The number of sulfonamides is 1. The third-order valence-electron chi connectivity index (χ3n) is 3.33. The summed E-state index contributed by atoms with van der Waals surface area (Å²) in [5.74, 6) is 0.341. The first-order valence-corrected chi connectivity index (χ1v) is 8.52. The van der Waals surface area contributed by atoms with E-state index in [0.29, 0.717) is 10.8 Å². The summed E-state index contributed by atoms with van der Waals surface area (Å²) in [5.41, 5.74) is 1.72. The number of rotatable bonds is 5. The molecule has 0 bridgehead atoms. The molecule has 118 valence electrons. The second-order valence-corrected chi connectivity index (χ2v) is 7.49. The molecule has 0 atom stereocenters. The molecule has 0 spiro atoms. The van der Waals surface area contributed by atoms with E-state index in [1.165, 1.54) is 11.4 Å². The highest BCUT2D eigenvalue weighted by atomic mass is 35.5. The highest BCUT2D eigenvalue weighted by Crippen LogP contribution is 2.28. The third-order valence-corrected chi connectivity index (χ3v) is 5.40. The molecule has 2 rings (SSSR count). The molecule has 0 saturated carbocycles. The predicted octanol–water partition coefficient (Wildman–Crippen LogP) is 3.48. The van der Waals surface area contributed by atoms with Gasteiger partial charge in [0.15, 0.2) is 0 Å².